The Hall–Kier alpha value is -7.57. The fourth-order valence-corrected chi connectivity index (χ4v) is 9.53. The van der Waals surface area contributed by atoms with Crippen LogP contribution in [-0.2, 0) is 12.4 Å². The highest BCUT2D eigenvalue weighted by Crippen LogP contribution is 2.48. The fraction of sp³-hybridized carbons (Fsp3) is 0.109. The summed E-state index contributed by atoms with van der Waals surface area (Å²) in [5.41, 5.74) is 8.83. The van der Waals surface area contributed by atoms with Crippen LogP contribution in [0.25, 0.3) is 93.2 Å². The van der Waals surface area contributed by atoms with Crippen molar-refractivity contribution < 1.29 is 26.3 Å². The molecule has 0 saturated heterocycles. The number of benzene rings is 8. The monoisotopic (exact) mass is 853 g/mol. The van der Waals surface area contributed by atoms with Gasteiger partial charge >= 0.3 is 12.4 Å². The number of aryl methyl sites for hydroxylation is 4. The zero-order chi connectivity index (χ0) is 44.8. The lowest BCUT2D eigenvalue weighted by atomic mass is 9.94. The summed E-state index contributed by atoms with van der Waals surface area (Å²) in [4.78, 5) is 3.79. The molecule has 10 rings (SSSR count). The van der Waals surface area contributed by atoms with Gasteiger partial charge in [0, 0.05) is 21.5 Å². The summed E-state index contributed by atoms with van der Waals surface area (Å²) in [7, 11) is 0. The van der Waals surface area contributed by atoms with Gasteiger partial charge < -0.3 is 9.13 Å². The fourth-order valence-electron chi connectivity index (χ4n) is 9.53. The van der Waals surface area contributed by atoms with Crippen LogP contribution in [0.15, 0.2) is 152 Å². The standard InChI is InChI=1S/C55H37F6N3/c1-31-20-32(2)23-37(22-31)35-14-18-50-44(26-35)41-10-6-8-12-48(41)63(50)52-29-43(40-17-16-39(54(56,57)58)28-46(40)55(59,60)61)47(62-5)30-53(52)64-49-13-9-7-11-42(49)45-27-36(15-19-51(45)64)38-24-33(3)21-34(4)25-38/h6-30H,1-4H3. The van der Waals surface area contributed by atoms with Crippen molar-refractivity contribution in [1.29, 1.82) is 0 Å². The number of fused-ring (bicyclic) bond motifs is 6. The van der Waals surface area contributed by atoms with Crippen molar-refractivity contribution in [2.24, 2.45) is 0 Å². The molecule has 0 N–H and O–H groups in total. The lowest BCUT2D eigenvalue weighted by Gasteiger charge is -2.21. The summed E-state index contributed by atoms with van der Waals surface area (Å²) < 4.78 is 90.8. The Morgan fingerprint density at radius 3 is 1.31 bits per heavy atom. The van der Waals surface area contributed by atoms with E-state index in [1.807, 2.05) is 95.8 Å². The average molecular weight is 854 g/mol. The SMILES string of the molecule is [C-]#[N+]c1cc(-n2c3ccccc3c3cc(-c4cc(C)cc(C)c4)ccc32)c(-n2c3ccccc3c3cc(-c4cc(C)cc(C)c4)ccc32)cc1-c1ccc(C(F)(F)F)cc1C(F)(F)F. The van der Waals surface area contributed by atoms with Crippen LogP contribution >= 0.6 is 0 Å². The summed E-state index contributed by atoms with van der Waals surface area (Å²) in [6, 6.07) is 45.4. The zero-order valence-corrected chi connectivity index (χ0v) is 35.0. The molecule has 0 amide bonds. The number of hydrogen-bond acceptors (Lipinski definition) is 0. The van der Waals surface area contributed by atoms with E-state index in [-0.39, 0.29) is 17.3 Å². The number of alkyl halides is 6. The quantitative estimate of drug-likeness (QED) is 0.121. The summed E-state index contributed by atoms with van der Waals surface area (Å²) in [6.07, 6.45) is -10.2. The molecule has 0 radical (unpaired) electrons. The predicted octanol–water partition coefficient (Wildman–Crippen LogP) is 16.7. The molecule has 0 aliphatic carbocycles. The molecule has 9 heteroatoms. The third-order valence-electron chi connectivity index (χ3n) is 12.1. The van der Waals surface area contributed by atoms with Gasteiger partial charge in [0.2, 0.25) is 0 Å². The van der Waals surface area contributed by atoms with E-state index in [2.05, 4.69) is 67.2 Å². The van der Waals surface area contributed by atoms with Crippen molar-refractivity contribution in [2.45, 2.75) is 40.0 Å². The van der Waals surface area contributed by atoms with Gasteiger partial charge in [-0.2, -0.15) is 26.3 Å². The average Bonchev–Trinajstić information content (AvgIpc) is 3.76. The predicted molar refractivity (Wildman–Crippen MR) is 247 cm³/mol. The number of aromatic nitrogens is 2. The molecule has 2 aromatic heterocycles. The van der Waals surface area contributed by atoms with Crippen LogP contribution in [0.3, 0.4) is 0 Å². The molecule has 0 spiro atoms. The summed E-state index contributed by atoms with van der Waals surface area (Å²) >= 11 is 0. The highest BCUT2D eigenvalue weighted by atomic mass is 19.4. The van der Waals surface area contributed by atoms with E-state index in [9.17, 15) is 26.3 Å². The second kappa shape index (κ2) is 14.8. The van der Waals surface area contributed by atoms with Gasteiger partial charge in [0.1, 0.15) is 0 Å². The van der Waals surface area contributed by atoms with E-state index in [0.29, 0.717) is 17.4 Å². The number of halogens is 6. The van der Waals surface area contributed by atoms with Crippen LogP contribution in [0.5, 0.6) is 0 Å². The van der Waals surface area contributed by atoms with Gasteiger partial charge in [0.25, 0.3) is 0 Å². The number of para-hydroxylation sites is 2. The maximum Gasteiger partial charge on any atom is 0.416 e. The van der Waals surface area contributed by atoms with E-state index in [0.717, 1.165) is 94.2 Å². The first-order valence-electron chi connectivity index (χ1n) is 20.7. The van der Waals surface area contributed by atoms with Gasteiger partial charge in [-0.25, -0.2) is 4.85 Å². The molecule has 0 aliphatic heterocycles. The number of nitrogens with zero attached hydrogens (tertiary/aromatic N) is 3. The van der Waals surface area contributed by atoms with Crippen LogP contribution < -0.4 is 0 Å². The third kappa shape index (κ3) is 6.78. The largest absolute Gasteiger partial charge is 0.416 e. The number of rotatable bonds is 5. The van der Waals surface area contributed by atoms with Crippen LogP contribution in [0, 0.1) is 34.3 Å². The first kappa shape index (κ1) is 40.5. The number of hydrogen-bond donors (Lipinski definition) is 0. The Balaban J connectivity index is 1.33. The second-order valence-corrected chi connectivity index (χ2v) is 16.6. The van der Waals surface area contributed by atoms with Crippen LogP contribution in [0.2, 0.25) is 0 Å². The van der Waals surface area contributed by atoms with Gasteiger partial charge in [-0.05, 0) is 122 Å². The van der Waals surface area contributed by atoms with Crippen LogP contribution in [0.4, 0.5) is 32.0 Å². The van der Waals surface area contributed by atoms with Crippen molar-refractivity contribution in [3.8, 4) is 44.8 Å². The normalized spacial score (nSPS) is 12.2. The van der Waals surface area contributed by atoms with E-state index in [1.54, 1.807) is 6.07 Å². The minimum absolute atomic E-state index is 0.131. The molecule has 8 aromatic carbocycles. The topological polar surface area (TPSA) is 14.2 Å². The van der Waals surface area contributed by atoms with E-state index in [1.165, 1.54) is 6.07 Å². The maximum atomic E-state index is 15.0. The van der Waals surface area contributed by atoms with Gasteiger partial charge in [-0.15, -0.1) is 0 Å². The maximum absolute atomic E-state index is 15.0. The lowest BCUT2D eigenvalue weighted by molar-refractivity contribution is -0.142. The van der Waals surface area contributed by atoms with E-state index >= 15 is 0 Å². The molecule has 0 bridgehead atoms. The Morgan fingerprint density at radius 1 is 0.406 bits per heavy atom. The molecule has 10 aromatic rings. The summed E-state index contributed by atoms with van der Waals surface area (Å²) in [5.74, 6) is 0. The second-order valence-electron chi connectivity index (χ2n) is 16.6. The Bertz CT molecular complexity index is 3560. The minimum Gasteiger partial charge on any atom is -0.308 e. The van der Waals surface area contributed by atoms with Crippen LogP contribution in [0.1, 0.15) is 33.4 Å². The first-order chi connectivity index (χ1) is 30.6. The minimum atomic E-state index is -5.17. The van der Waals surface area contributed by atoms with E-state index < -0.39 is 29.0 Å². The molecule has 0 aliphatic rings. The van der Waals surface area contributed by atoms with Crippen LogP contribution in [-0.4, -0.2) is 9.13 Å². The van der Waals surface area contributed by atoms with Gasteiger partial charge in [0.15, 0.2) is 5.69 Å². The Morgan fingerprint density at radius 2 is 0.859 bits per heavy atom. The van der Waals surface area contributed by atoms with E-state index in [4.69, 9.17) is 6.57 Å². The Kier molecular flexibility index (Phi) is 9.35. The third-order valence-corrected chi connectivity index (χ3v) is 12.1. The molecule has 64 heavy (non-hydrogen) atoms. The molecule has 0 saturated carbocycles. The molecule has 3 nitrogen and oxygen atoms in total. The van der Waals surface area contributed by atoms with Gasteiger partial charge in [0.05, 0.1) is 51.1 Å². The molecule has 0 unspecified atom stereocenters. The van der Waals surface area contributed by atoms with Gasteiger partial charge in [-0.3, -0.25) is 0 Å². The van der Waals surface area contributed by atoms with Gasteiger partial charge in [-0.1, -0.05) is 113 Å². The molecular formula is C55H37F6N3. The highest BCUT2D eigenvalue weighted by molar-refractivity contribution is 6.13. The molecule has 0 fully saturated rings. The van der Waals surface area contributed by atoms with Crippen molar-refractivity contribution in [3.05, 3.63) is 196 Å². The molecule has 0 atom stereocenters. The van der Waals surface area contributed by atoms with Crippen molar-refractivity contribution in [2.75, 3.05) is 0 Å². The lowest BCUT2D eigenvalue weighted by Crippen LogP contribution is -2.12. The molecule has 314 valence electrons. The van der Waals surface area contributed by atoms with Crippen molar-refractivity contribution >= 4 is 49.3 Å². The van der Waals surface area contributed by atoms with Crippen molar-refractivity contribution in [3.63, 3.8) is 0 Å². The smallest absolute Gasteiger partial charge is 0.308 e. The van der Waals surface area contributed by atoms with Crippen molar-refractivity contribution in [1.82, 2.24) is 9.13 Å². The highest BCUT2D eigenvalue weighted by Gasteiger charge is 2.39. The first-order valence-corrected chi connectivity index (χ1v) is 20.7. The summed E-state index contributed by atoms with van der Waals surface area (Å²) in [6.45, 7) is 16.6. The zero-order valence-electron chi connectivity index (χ0n) is 35.0. The molecule has 2 heterocycles. The summed E-state index contributed by atoms with van der Waals surface area (Å²) in [5, 5.41) is 3.62. The Labute approximate surface area is 364 Å². The molecular weight excluding hydrogens is 817 g/mol.